The van der Waals surface area contributed by atoms with Gasteiger partial charge in [0, 0.05) is 77.5 Å². The molecule has 7 nitrogen and oxygen atoms in total. The fourth-order valence-electron chi connectivity index (χ4n) is 6.38. The van der Waals surface area contributed by atoms with Crippen LogP contribution in [0.4, 0.5) is 0 Å². The zero-order valence-electron chi connectivity index (χ0n) is 24.7. The van der Waals surface area contributed by atoms with Crippen LogP contribution in [0.1, 0.15) is 86.5 Å². The van der Waals surface area contributed by atoms with Crippen LogP contribution in [0.3, 0.4) is 0 Å². The third kappa shape index (κ3) is 5.19. The number of carboxylic acid groups (broad SMARTS) is 1. The summed E-state index contributed by atoms with van der Waals surface area (Å²) in [5, 5.41) is 9.67. The molecule has 0 unspecified atom stereocenters. The van der Waals surface area contributed by atoms with E-state index in [4.69, 9.17) is 9.47 Å². The molecule has 0 amide bonds. The van der Waals surface area contributed by atoms with E-state index < -0.39 is 11.9 Å². The summed E-state index contributed by atoms with van der Waals surface area (Å²) >= 11 is 0. The summed E-state index contributed by atoms with van der Waals surface area (Å²) in [5.74, 6) is 0.0596. The minimum absolute atomic E-state index is 0. The minimum Gasteiger partial charge on any atom is -0.496 e. The van der Waals surface area contributed by atoms with Gasteiger partial charge in [-0.2, -0.15) is 0 Å². The third-order valence-corrected chi connectivity index (χ3v) is 8.14. The maximum Gasteiger partial charge on any atom is 0.354 e. The molecule has 40 heavy (non-hydrogen) atoms. The smallest absolute Gasteiger partial charge is 0.354 e. The molecular weight excluding hydrogens is 517 g/mol. The number of aromatic carboxylic acids is 1. The third-order valence-electron chi connectivity index (χ3n) is 8.14. The van der Waals surface area contributed by atoms with Gasteiger partial charge in [0.1, 0.15) is 17.3 Å². The van der Waals surface area contributed by atoms with Gasteiger partial charge in [0.15, 0.2) is 17.3 Å². The first-order chi connectivity index (χ1) is 18.2. The van der Waals surface area contributed by atoms with E-state index in [1.807, 2.05) is 19.1 Å². The van der Waals surface area contributed by atoms with Crippen molar-refractivity contribution in [3.05, 3.63) is 69.3 Å². The van der Waals surface area contributed by atoms with E-state index in [1.54, 1.807) is 26.2 Å². The van der Waals surface area contributed by atoms with Crippen molar-refractivity contribution in [2.24, 2.45) is 10.8 Å². The summed E-state index contributed by atoms with van der Waals surface area (Å²) in [6.45, 7) is 11.9. The quantitative estimate of drug-likeness (QED) is 0.458. The fraction of sp³-hybridized carbons (Fsp3) is 0.438. The number of ether oxygens (including phenoxy) is 2. The average Bonchev–Trinajstić information content (AvgIpc) is 2.81. The molecule has 0 saturated carbocycles. The van der Waals surface area contributed by atoms with Crippen LogP contribution in [0.5, 0.6) is 5.75 Å². The number of methoxy groups -OCH3 is 1. The van der Waals surface area contributed by atoms with Gasteiger partial charge in [0.25, 0.3) is 0 Å². The minimum atomic E-state index is -1.10. The van der Waals surface area contributed by atoms with Gasteiger partial charge in [-0.15, -0.1) is 0 Å². The molecular formula is C32H35NNaO6. The summed E-state index contributed by atoms with van der Waals surface area (Å²) in [7, 11) is 1.58. The van der Waals surface area contributed by atoms with Crippen LogP contribution in [0, 0.1) is 24.7 Å². The van der Waals surface area contributed by atoms with Gasteiger partial charge in [0.05, 0.1) is 18.7 Å². The molecule has 1 radical (unpaired) electrons. The van der Waals surface area contributed by atoms with Gasteiger partial charge >= 0.3 is 5.97 Å². The molecule has 2 aromatic rings. The van der Waals surface area contributed by atoms with Crippen LogP contribution in [0.2, 0.25) is 0 Å². The Labute approximate surface area is 257 Å². The number of carbonyl (C=O) groups excluding carboxylic acids is 2. The molecule has 5 rings (SSSR count). The van der Waals surface area contributed by atoms with Crippen molar-refractivity contribution in [3.8, 4) is 17.0 Å². The number of carboxylic acids is 1. The number of ketones is 2. The Morgan fingerprint density at radius 3 is 1.98 bits per heavy atom. The molecule has 2 heterocycles. The number of benzene rings is 1. The number of hydrogen-bond acceptors (Lipinski definition) is 6. The molecule has 0 spiro atoms. The largest absolute Gasteiger partial charge is 0.496 e. The predicted molar refractivity (Wildman–Crippen MR) is 152 cm³/mol. The first-order valence-corrected chi connectivity index (χ1v) is 13.3. The predicted octanol–water partition coefficient (Wildman–Crippen LogP) is 6.09. The van der Waals surface area contributed by atoms with E-state index >= 15 is 0 Å². The van der Waals surface area contributed by atoms with E-state index in [-0.39, 0.29) is 57.6 Å². The first kappa shape index (κ1) is 30.2. The zero-order chi connectivity index (χ0) is 28.4. The van der Waals surface area contributed by atoms with Crippen molar-refractivity contribution in [1.29, 1.82) is 0 Å². The van der Waals surface area contributed by atoms with Crippen LogP contribution in [-0.2, 0) is 14.3 Å². The van der Waals surface area contributed by atoms with Gasteiger partial charge in [-0.25, -0.2) is 9.78 Å². The van der Waals surface area contributed by atoms with Crippen LogP contribution < -0.4 is 4.74 Å². The van der Waals surface area contributed by atoms with E-state index in [2.05, 4.69) is 32.7 Å². The van der Waals surface area contributed by atoms with Crippen molar-refractivity contribution in [2.45, 2.75) is 73.1 Å². The van der Waals surface area contributed by atoms with Crippen LogP contribution in [-0.4, -0.2) is 64.3 Å². The van der Waals surface area contributed by atoms with Crippen molar-refractivity contribution < 1.29 is 29.0 Å². The molecule has 1 aromatic carbocycles. The number of Topliss-reactive ketones (excluding diaryl/α,β-unsaturated/α-hetero) is 2. The number of carbonyl (C=O) groups is 3. The molecule has 1 aromatic heterocycles. The van der Waals surface area contributed by atoms with Crippen molar-refractivity contribution in [1.82, 2.24) is 4.98 Å². The molecule has 205 valence electrons. The fourth-order valence-corrected chi connectivity index (χ4v) is 6.38. The van der Waals surface area contributed by atoms with Crippen LogP contribution in [0.15, 0.2) is 46.9 Å². The van der Waals surface area contributed by atoms with Gasteiger partial charge in [-0.05, 0) is 54.0 Å². The summed E-state index contributed by atoms with van der Waals surface area (Å²) < 4.78 is 12.3. The van der Waals surface area contributed by atoms with E-state index in [0.717, 1.165) is 16.7 Å². The van der Waals surface area contributed by atoms with Crippen molar-refractivity contribution >= 4 is 47.1 Å². The molecule has 0 atom stereocenters. The maximum absolute atomic E-state index is 13.8. The second-order valence-corrected chi connectivity index (χ2v) is 12.6. The van der Waals surface area contributed by atoms with Crippen molar-refractivity contribution in [3.63, 3.8) is 0 Å². The summed E-state index contributed by atoms with van der Waals surface area (Å²) in [4.78, 5) is 43.8. The second-order valence-electron chi connectivity index (χ2n) is 12.6. The van der Waals surface area contributed by atoms with E-state index in [0.29, 0.717) is 65.4 Å². The Balaban J connectivity index is 0.00000370. The van der Waals surface area contributed by atoms with E-state index in [1.165, 1.54) is 0 Å². The SMILES string of the molecule is COc1ccc(-c2ccc(C)c(C(=O)O)n2)c(C)c1C1C2=C(CC(C)(C)CC2=O)OC2=C1C(=O)CC(C)(C)C2.[Na]. The summed E-state index contributed by atoms with van der Waals surface area (Å²) in [6.07, 6.45) is 1.91. The molecule has 3 aliphatic rings. The number of allylic oxidation sites excluding steroid dienone is 4. The molecule has 0 bridgehead atoms. The normalized spacial score (nSPS) is 19.9. The maximum atomic E-state index is 13.8. The first-order valence-electron chi connectivity index (χ1n) is 13.3. The Bertz CT molecular complexity index is 1460. The van der Waals surface area contributed by atoms with Crippen molar-refractivity contribution in [2.75, 3.05) is 7.11 Å². The average molecular weight is 553 g/mol. The monoisotopic (exact) mass is 552 g/mol. The molecule has 0 fully saturated rings. The number of aromatic nitrogens is 1. The number of pyridine rings is 1. The Kier molecular flexibility index (Phi) is 8.00. The topological polar surface area (TPSA) is 103 Å². The van der Waals surface area contributed by atoms with Crippen LogP contribution >= 0.6 is 0 Å². The summed E-state index contributed by atoms with van der Waals surface area (Å²) in [5.41, 5.74) is 3.82. The molecule has 1 N–H and O–H groups in total. The number of hydrogen-bond donors (Lipinski definition) is 1. The molecule has 0 saturated heterocycles. The number of nitrogens with zero attached hydrogens (tertiary/aromatic N) is 1. The number of aryl methyl sites for hydroxylation is 1. The van der Waals surface area contributed by atoms with E-state index in [9.17, 15) is 19.5 Å². The zero-order valence-corrected chi connectivity index (χ0v) is 26.7. The standard InChI is InChI=1S/C32H35NO6.Na/c1-16-8-10-19(33-29(16)30(36)37)18-9-11-22(38-7)25(17(18)2)28-26-20(34)12-31(3,4)14-23(26)39-24-15-32(5,6)13-21(35)27(24)28;/h8-11,28H,12-15H2,1-7H3,(H,36,37);. The second kappa shape index (κ2) is 10.6. The molecule has 8 heteroatoms. The Morgan fingerprint density at radius 2 is 1.48 bits per heavy atom. The summed E-state index contributed by atoms with van der Waals surface area (Å²) in [6, 6.07) is 7.19. The Hall–Kier alpha value is -2.74. The number of rotatable bonds is 4. The van der Waals surface area contributed by atoms with Gasteiger partial charge < -0.3 is 14.6 Å². The molecule has 1 aliphatic heterocycles. The van der Waals surface area contributed by atoms with Gasteiger partial charge in [0.2, 0.25) is 0 Å². The Morgan fingerprint density at radius 1 is 0.925 bits per heavy atom. The van der Waals surface area contributed by atoms with Gasteiger partial charge in [-0.3, -0.25) is 9.59 Å². The van der Waals surface area contributed by atoms with Crippen LogP contribution in [0.25, 0.3) is 11.3 Å². The molecule has 2 aliphatic carbocycles. The van der Waals surface area contributed by atoms with Gasteiger partial charge in [-0.1, -0.05) is 33.8 Å².